The van der Waals surface area contributed by atoms with Gasteiger partial charge in [0.2, 0.25) is 0 Å². The first kappa shape index (κ1) is 31.4. The van der Waals surface area contributed by atoms with Crippen LogP contribution in [0.3, 0.4) is 0 Å². The molecule has 11 aromatic carbocycles. The fraction of sp³-hybridized carbons (Fsp3) is 0.0357. The summed E-state index contributed by atoms with van der Waals surface area (Å²) < 4.78 is 2.66. The van der Waals surface area contributed by atoms with Crippen molar-refractivity contribution in [1.29, 1.82) is 0 Å². The van der Waals surface area contributed by atoms with Gasteiger partial charge in [0, 0.05) is 20.2 Å². The third kappa shape index (κ3) is 4.44. The minimum Gasteiger partial charge on any atom is -0.135 e. The molecule has 1 heteroatoms. The van der Waals surface area contributed by atoms with E-state index >= 15 is 0 Å². The van der Waals surface area contributed by atoms with Crippen molar-refractivity contribution in [2.75, 3.05) is 0 Å². The molecule has 0 atom stereocenters. The van der Waals surface area contributed by atoms with Crippen LogP contribution in [0.1, 0.15) is 17.5 Å². The molecule has 57 heavy (non-hydrogen) atoms. The normalized spacial score (nSPS) is 13.1. The zero-order valence-electron chi connectivity index (χ0n) is 31.1. The molecule has 0 saturated heterocycles. The first-order chi connectivity index (χ1) is 28.3. The highest BCUT2D eigenvalue weighted by Crippen LogP contribution is 2.47. The second-order valence-corrected chi connectivity index (χ2v) is 16.9. The predicted molar refractivity (Wildman–Crippen MR) is 250 cm³/mol. The van der Waals surface area contributed by atoms with E-state index in [4.69, 9.17) is 0 Å². The number of hydrogen-bond acceptors (Lipinski definition) is 1. The second kappa shape index (κ2) is 11.9. The topological polar surface area (TPSA) is 0 Å². The summed E-state index contributed by atoms with van der Waals surface area (Å²) in [5.74, 6) is 0. The lowest BCUT2D eigenvalue weighted by molar-refractivity contribution is 0.992. The minimum absolute atomic E-state index is 1.05. The Balaban J connectivity index is 1.06. The first-order valence-electron chi connectivity index (χ1n) is 20.1. The molecule has 0 amide bonds. The van der Waals surface area contributed by atoms with Crippen LogP contribution in [0.4, 0.5) is 0 Å². The lowest BCUT2D eigenvalue weighted by atomic mass is 9.82. The van der Waals surface area contributed by atoms with Crippen molar-refractivity contribution >= 4 is 113 Å². The van der Waals surface area contributed by atoms with Gasteiger partial charge >= 0.3 is 0 Å². The monoisotopic (exact) mass is 738 g/mol. The Morgan fingerprint density at radius 2 is 0.754 bits per heavy atom. The summed E-state index contributed by atoms with van der Waals surface area (Å²) in [6, 6.07) is 64.2. The molecule has 264 valence electrons. The lowest BCUT2D eigenvalue weighted by Gasteiger charge is -2.21. The number of thiophene rings is 1. The van der Waals surface area contributed by atoms with Crippen LogP contribution in [0, 0.1) is 0 Å². The Labute approximate surface area is 333 Å². The number of hydrogen-bond donors (Lipinski definition) is 0. The number of rotatable bonds is 2. The highest BCUT2D eigenvalue weighted by atomic mass is 32.1. The number of allylic oxidation sites excluding steroid dienone is 1. The molecule has 1 aromatic heterocycles. The zero-order chi connectivity index (χ0) is 37.2. The number of benzene rings is 11. The van der Waals surface area contributed by atoms with Gasteiger partial charge in [-0.15, -0.1) is 11.3 Å². The van der Waals surface area contributed by atoms with E-state index in [0.29, 0.717) is 0 Å². The Kier molecular flexibility index (Phi) is 6.53. The van der Waals surface area contributed by atoms with Crippen molar-refractivity contribution in [3.63, 3.8) is 0 Å². The molecule has 0 N–H and O–H groups in total. The van der Waals surface area contributed by atoms with Crippen LogP contribution in [0.2, 0.25) is 0 Å². The smallest absolute Gasteiger partial charge is 0.0355 e. The highest BCUT2D eigenvalue weighted by Gasteiger charge is 2.21. The van der Waals surface area contributed by atoms with Crippen LogP contribution in [0.15, 0.2) is 176 Å². The van der Waals surface area contributed by atoms with Crippen LogP contribution >= 0.6 is 11.3 Å². The van der Waals surface area contributed by atoms with E-state index in [1.165, 1.54) is 129 Å². The van der Waals surface area contributed by atoms with E-state index in [1.54, 1.807) is 0 Å². The summed E-state index contributed by atoms with van der Waals surface area (Å²) >= 11 is 1.90. The molecule has 0 fully saturated rings. The van der Waals surface area contributed by atoms with Crippen molar-refractivity contribution < 1.29 is 0 Å². The van der Waals surface area contributed by atoms with Gasteiger partial charge in [0.1, 0.15) is 0 Å². The average molecular weight is 739 g/mol. The van der Waals surface area contributed by atoms with Gasteiger partial charge in [0.15, 0.2) is 0 Å². The standard InChI is InChI=1S/C56H34S/c1-3-17-39-35(13-1)37-15-5-9-21-43(37)55-45-23-11-7-19-41(45)47(31-51(39)55)33-25-27-53-49(29-33)50-30-34(26-28-54(50)57-53)48-32-52-40-18-4-2-14-36(40)38-16-6-10-22-44(38)56(52)46-24-12-8-20-42(46)48/h1-7,9-19,21-32H,8,20H2. The number of fused-ring (bicyclic) bond motifs is 19. The summed E-state index contributed by atoms with van der Waals surface area (Å²) in [5.41, 5.74) is 8.05. The van der Waals surface area contributed by atoms with Crippen LogP contribution in [0.5, 0.6) is 0 Å². The fourth-order valence-electron chi connectivity index (χ4n) is 10.4. The van der Waals surface area contributed by atoms with Crippen molar-refractivity contribution in [1.82, 2.24) is 0 Å². The van der Waals surface area contributed by atoms with E-state index in [-0.39, 0.29) is 0 Å². The van der Waals surface area contributed by atoms with E-state index in [0.717, 1.165) is 12.8 Å². The molecule has 13 rings (SSSR count). The summed E-state index contributed by atoms with van der Waals surface area (Å²) in [5, 5.41) is 21.2. The van der Waals surface area contributed by atoms with E-state index in [1.807, 2.05) is 11.3 Å². The fourth-order valence-corrected chi connectivity index (χ4v) is 11.5. The lowest BCUT2D eigenvalue weighted by Crippen LogP contribution is -2.00. The molecule has 0 saturated carbocycles. The second-order valence-electron chi connectivity index (χ2n) is 15.8. The van der Waals surface area contributed by atoms with Gasteiger partial charge in [-0.3, -0.25) is 0 Å². The van der Waals surface area contributed by atoms with Crippen LogP contribution in [-0.2, 0) is 6.42 Å². The third-order valence-electron chi connectivity index (χ3n) is 12.9. The van der Waals surface area contributed by atoms with Crippen molar-refractivity contribution in [3.05, 3.63) is 187 Å². The Bertz CT molecular complexity index is 3750. The van der Waals surface area contributed by atoms with E-state index < -0.39 is 0 Å². The Morgan fingerprint density at radius 1 is 0.333 bits per heavy atom. The van der Waals surface area contributed by atoms with E-state index in [9.17, 15) is 0 Å². The molecule has 0 spiro atoms. The van der Waals surface area contributed by atoms with E-state index in [2.05, 4.69) is 182 Å². The summed E-state index contributed by atoms with van der Waals surface area (Å²) in [6.45, 7) is 0. The van der Waals surface area contributed by atoms with Gasteiger partial charge in [-0.2, -0.15) is 0 Å². The maximum absolute atomic E-state index is 2.51. The Morgan fingerprint density at radius 3 is 1.33 bits per heavy atom. The summed E-state index contributed by atoms with van der Waals surface area (Å²) in [4.78, 5) is 0. The Hall–Kier alpha value is -6.80. The molecule has 0 unspecified atom stereocenters. The van der Waals surface area contributed by atoms with Crippen molar-refractivity contribution in [2.24, 2.45) is 0 Å². The maximum atomic E-state index is 2.51. The quantitative estimate of drug-likeness (QED) is 0.155. The SMILES string of the molecule is C1=Cc2c(c(-c3ccc4sc5ccc(-c6cc7c8ccccc8c8ccccc8c7c7ccccc67)cc5c4c3)cc3c4ccccc4c4ccccc4c23)CC1. The first-order valence-corrected chi connectivity index (χ1v) is 20.9. The summed E-state index contributed by atoms with van der Waals surface area (Å²) in [6.07, 6.45) is 6.88. The minimum atomic E-state index is 1.05. The molecule has 1 aliphatic rings. The average Bonchev–Trinajstić information content (AvgIpc) is 3.65. The van der Waals surface area contributed by atoms with Gasteiger partial charge in [-0.05, 0) is 158 Å². The predicted octanol–water partition coefficient (Wildman–Crippen LogP) is 16.4. The molecular weight excluding hydrogens is 705 g/mol. The third-order valence-corrected chi connectivity index (χ3v) is 14.0. The van der Waals surface area contributed by atoms with Gasteiger partial charge in [-0.25, -0.2) is 0 Å². The van der Waals surface area contributed by atoms with Crippen LogP contribution in [0.25, 0.3) is 124 Å². The van der Waals surface area contributed by atoms with Crippen LogP contribution < -0.4 is 0 Å². The zero-order valence-corrected chi connectivity index (χ0v) is 32.0. The van der Waals surface area contributed by atoms with Gasteiger partial charge in [0.25, 0.3) is 0 Å². The molecular formula is C56H34S. The molecule has 0 aliphatic heterocycles. The molecule has 0 bridgehead atoms. The molecule has 1 aliphatic carbocycles. The molecule has 12 aromatic rings. The maximum Gasteiger partial charge on any atom is 0.0355 e. The highest BCUT2D eigenvalue weighted by molar-refractivity contribution is 7.25. The van der Waals surface area contributed by atoms with Crippen molar-refractivity contribution in [3.8, 4) is 22.3 Å². The molecule has 1 heterocycles. The van der Waals surface area contributed by atoms with Gasteiger partial charge in [-0.1, -0.05) is 146 Å². The molecule has 0 nitrogen and oxygen atoms in total. The van der Waals surface area contributed by atoms with Gasteiger partial charge in [0.05, 0.1) is 0 Å². The molecule has 0 radical (unpaired) electrons. The summed E-state index contributed by atoms with van der Waals surface area (Å²) in [7, 11) is 0. The van der Waals surface area contributed by atoms with Crippen molar-refractivity contribution in [2.45, 2.75) is 12.8 Å². The van der Waals surface area contributed by atoms with Gasteiger partial charge < -0.3 is 0 Å². The van der Waals surface area contributed by atoms with Crippen LogP contribution in [-0.4, -0.2) is 0 Å². The largest absolute Gasteiger partial charge is 0.135 e.